The van der Waals surface area contributed by atoms with E-state index in [0.29, 0.717) is 17.9 Å². The maximum absolute atomic E-state index is 9.39. The zero-order valence-corrected chi connectivity index (χ0v) is 13.4. The molecule has 0 aliphatic heterocycles. The molecule has 0 bridgehead atoms. The highest BCUT2D eigenvalue weighted by atomic mass is 79.9. The summed E-state index contributed by atoms with van der Waals surface area (Å²) in [5.74, 6) is 1.30. The summed E-state index contributed by atoms with van der Waals surface area (Å²) in [4.78, 5) is 0. The van der Waals surface area contributed by atoms with E-state index in [4.69, 9.17) is 0 Å². The highest BCUT2D eigenvalue weighted by molar-refractivity contribution is 9.10. The van der Waals surface area contributed by atoms with E-state index >= 15 is 0 Å². The number of hydrogen-bond acceptors (Lipinski definition) is 2. The van der Waals surface area contributed by atoms with E-state index in [1.54, 1.807) is 0 Å². The van der Waals surface area contributed by atoms with Crippen molar-refractivity contribution in [2.24, 2.45) is 5.92 Å². The van der Waals surface area contributed by atoms with Gasteiger partial charge < -0.3 is 10.4 Å². The van der Waals surface area contributed by atoms with Crippen LogP contribution < -0.4 is 5.32 Å². The molecule has 3 heteroatoms. The maximum atomic E-state index is 9.39. The zero-order valence-electron chi connectivity index (χ0n) is 11.8. The smallest absolute Gasteiger partial charge is 0.0584 e. The van der Waals surface area contributed by atoms with Crippen LogP contribution in [0.4, 0.5) is 0 Å². The van der Waals surface area contributed by atoms with Gasteiger partial charge in [-0.25, -0.2) is 0 Å². The van der Waals surface area contributed by atoms with Crippen LogP contribution in [0.15, 0.2) is 28.7 Å². The van der Waals surface area contributed by atoms with Gasteiger partial charge in [-0.05, 0) is 48.8 Å². The summed E-state index contributed by atoms with van der Waals surface area (Å²) in [6.07, 6.45) is 3.42. The lowest BCUT2D eigenvalue weighted by Crippen LogP contribution is -2.47. The Balaban J connectivity index is 1.79. The predicted molar refractivity (Wildman–Crippen MR) is 83.4 cm³/mol. The highest BCUT2D eigenvalue weighted by Crippen LogP contribution is 2.38. The molecule has 0 heterocycles. The van der Waals surface area contributed by atoms with Gasteiger partial charge in [-0.1, -0.05) is 41.9 Å². The molecular weight excluding hydrogens is 302 g/mol. The van der Waals surface area contributed by atoms with E-state index < -0.39 is 0 Å². The molecule has 0 radical (unpaired) electrons. The fraction of sp³-hybridized carbons (Fsp3) is 0.625. The number of aliphatic hydroxyl groups is 1. The second-order valence-electron chi connectivity index (χ2n) is 6.10. The summed E-state index contributed by atoms with van der Waals surface area (Å²) in [6, 6.07) is 9.44. The maximum Gasteiger partial charge on any atom is 0.0584 e. The first-order valence-electron chi connectivity index (χ1n) is 7.21. The third kappa shape index (κ3) is 4.30. The minimum absolute atomic E-state index is 0.246. The van der Waals surface area contributed by atoms with E-state index in [9.17, 15) is 5.11 Å². The van der Waals surface area contributed by atoms with E-state index in [-0.39, 0.29) is 12.6 Å². The Morgan fingerprint density at radius 3 is 2.68 bits per heavy atom. The zero-order chi connectivity index (χ0) is 13.8. The lowest BCUT2D eigenvalue weighted by atomic mass is 9.75. The summed E-state index contributed by atoms with van der Waals surface area (Å²) < 4.78 is 1.16. The number of hydrogen-bond donors (Lipinski definition) is 2. The number of nitrogens with one attached hydrogen (secondary N) is 1. The molecule has 1 fully saturated rings. The van der Waals surface area contributed by atoms with Gasteiger partial charge in [-0.15, -0.1) is 0 Å². The van der Waals surface area contributed by atoms with Crippen LogP contribution in [-0.2, 0) is 0 Å². The fourth-order valence-corrected chi connectivity index (χ4v) is 3.30. The standard InChI is InChI=1S/C16H24BrNO/c1-11(2)6-16(10-19)18-15-8-13(9-15)12-4-3-5-14(17)7-12/h3-5,7,11,13,15-16,18-19H,6,8-10H2,1-2H3. The molecule has 1 saturated carbocycles. The van der Waals surface area contributed by atoms with Crippen molar-refractivity contribution in [2.45, 2.75) is 51.1 Å². The molecule has 0 aromatic heterocycles. The summed E-state index contributed by atoms with van der Waals surface area (Å²) >= 11 is 3.53. The van der Waals surface area contributed by atoms with Crippen LogP contribution >= 0.6 is 15.9 Å². The average molecular weight is 326 g/mol. The van der Waals surface area contributed by atoms with Gasteiger partial charge in [-0.3, -0.25) is 0 Å². The Bertz CT molecular complexity index is 401. The molecule has 1 atom stereocenters. The molecule has 2 rings (SSSR count). The Kier molecular flexibility index (Phi) is 5.43. The molecular formula is C16H24BrNO. The van der Waals surface area contributed by atoms with Crippen molar-refractivity contribution in [3.63, 3.8) is 0 Å². The van der Waals surface area contributed by atoms with Crippen molar-refractivity contribution in [1.29, 1.82) is 0 Å². The van der Waals surface area contributed by atoms with E-state index in [1.807, 2.05) is 0 Å². The third-order valence-corrected chi connectivity index (χ3v) is 4.40. The molecule has 1 aromatic carbocycles. The Hall–Kier alpha value is -0.380. The highest BCUT2D eigenvalue weighted by Gasteiger charge is 2.31. The van der Waals surface area contributed by atoms with E-state index in [0.717, 1.165) is 10.9 Å². The van der Waals surface area contributed by atoms with Gasteiger partial charge in [0, 0.05) is 16.6 Å². The molecule has 1 aromatic rings. The molecule has 106 valence electrons. The lowest BCUT2D eigenvalue weighted by molar-refractivity contribution is 0.181. The van der Waals surface area contributed by atoms with E-state index in [1.165, 1.54) is 18.4 Å². The SMILES string of the molecule is CC(C)CC(CO)NC1CC(c2cccc(Br)c2)C1. The number of rotatable bonds is 6. The van der Waals surface area contributed by atoms with Crippen LogP contribution in [0.5, 0.6) is 0 Å². The number of benzene rings is 1. The first-order chi connectivity index (χ1) is 9.08. The molecule has 2 nitrogen and oxygen atoms in total. The van der Waals surface area contributed by atoms with Crippen LogP contribution in [0.1, 0.15) is 44.6 Å². The molecule has 0 saturated heterocycles. The molecule has 0 spiro atoms. The molecule has 1 aliphatic rings. The van der Waals surface area contributed by atoms with Crippen molar-refractivity contribution >= 4 is 15.9 Å². The number of halogens is 1. The quantitative estimate of drug-likeness (QED) is 0.836. The molecule has 0 amide bonds. The Labute approximate surface area is 124 Å². The average Bonchev–Trinajstić information content (AvgIpc) is 2.31. The summed E-state index contributed by atoms with van der Waals surface area (Å²) in [6.45, 7) is 4.65. The minimum atomic E-state index is 0.246. The van der Waals surface area contributed by atoms with Crippen LogP contribution in [0, 0.1) is 5.92 Å². The van der Waals surface area contributed by atoms with E-state index in [2.05, 4.69) is 59.4 Å². The minimum Gasteiger partial charge on any atom is -0.395 e. The van der Waals surface area contributed by atoms with Crippen LogP contribution in [0.25, 0.3) is 0 Å². The Morgan fingerprint density at radius 2 is 2.11 bits per heavy atom. The summed E-state index contributed by atoms with van der Waals surface area (Å²) in [5.41, 5.74) is 1.43. The molecule has 2 N–H and O–H groups in total. The normalized spacial score (nSPS) is 24.3. The first kappa shape index (κ1) is 15.0. The van der Waals surface area contributed by atoms with Crippen molar-refractivity contribution in [3.8, 4) is 0 Å². The van der Waals surface area contributed by atoms with Gasteiger partial charge in [-0.2, -0.15) is 0 Å². The molecule has 1 unspecified atom stereocenters. The van der Waals surface area contributed by atoms with Gasteiger partial charge in [0.05, 0.1) is 6.61 Å². The fourth-order valence-electron chi connectivity index (χ4n) is 2.88. The Morgan fingerprint density at radius 1 is 1.37 bits per heavy atom. The van der Waals surface area contributed by atoms with Crippen molar-refractivity contribution in [3.05, 3.63) is 34.3 Å². The molecule has 1 aliphatic carbocycles. The summed E-state index contributed by atoms with van der Waals surface area (Å²) in [7, 11) is 0. The van der Waals surface area contributed by atoms with Crippen LogP contribution in [0.3, 0.4) is 0 Å². The topological polar surface area (TPSA) is 32.3 Å². The third-order valence-electron chi connectivity index (χ3n) is 3.91. The van der Waals surface area contributed by atoms with Gasteiger partial charge in [0.2, 0.25) is 0 Å². The largest absolute Gasteiger partial charge is 0.395 e. The van der Waals surface area contributed by atoms with Gasteiger partial charge >= 0.3 is 0 Å². The second-order valence-corrected chi connectivity index (χ2v) is 7.01. The summed E-state index contributed by atoms with van der Waals surface area (Å²) in [5, 5.41) is 13.0. The first-order valence-corrected chi connectivity index (χ1v) is 8.00. The van der Waals surface area contributed by atoms with Gasteiger partial charge in [0.25, 0.3) is 0 Å². The van der Waals surface area contributed by atoms with Crippen molar-refractivity contribution in [1.82, 2.24) is 5.32 Å². The predicted octanol–water partition coefficient (Wildman–Crippen LogP) is 3.69. The monoisotopic (exact) mass is 325 g/mol. The lowest BCUT2D eigenvalue weighted by Gasteiger charge is -2.39. The van der Waals surface area contributed by atoms with Gasteiger partial charge in [0.1, 0.15) is 0 Å². The van der Waals surface area contributed by atoms with Crippen LogP contribution in [-0.4, -0.2) is 23.8 Å². The van der Waals surface area contributed by atoms with Crippen LogP contribution in [0.2, 0.25) is 0 Å². The number of aliphatic hydroxyl groups excluding tert-OH is 1. The second kappa shape index (κ2) is 6.87. The van der Waals surface area contributed by atoms with Crippen molar-refractivity contribution < 1.29 is 5.11 Å². The molecule has 19 heavy (non-hydrogen) atoms. The van der Waals surface area contributed by atoms with Gasteiger partial charge in [0.15, 0.2) is 0 Å². The van der Waals surface area contributed by atoms with Crippen molar-refractivity contribution in [2.75, 3.05) is 6.61 Å².